The highest BCUT2D eigenvalue weighted by atomic mass is 19.1. The van der Waals surface area contributed by atoms with Gasteiger partial charge in [-0.1, -0.05) is 0 Å². The molecule has 0 bridgehead atoms. The first-order valence-corrected chi connectivity index (χ1v) is 9.78. The van der Waals surface area contributed by atoms with Crippen LogP contribution in [-0.4, -0.2) is 43.0 Å². The number of pyridine rings is 1. The van der Waals surface area contributed by atoms with Crippen molar-refractivity contribution >= 4 is 17.5 Å². The SMILES string of the molecule is Cc1cc2n(n1)CCCN2C(=O)CCC(=O)Cc1cnc(-c2cncc(F)c2)cn1. The largest absolute Gasteiger partial charge is 0.299 e. The van der Waals surface area contributed by atoms with Crippen molar-refractivity contribution in [2.24, 2.45) is 0 Å². The van der Waals surface area contributed by atoms with Gasteiger partial charge in [0.2, 0.25) is 5.91 Å². The number of ketones is 1. The summed E-state index contributed by atoms with van der Waals surface area (Å²) in [5, 5.41) is 4.38. The van der Waals surface area contributed by atoms with Crippen LogP contribution in [0.4, 0.5) is 10.2 Å². The van der Waals surface area contributed by atoms with Crippen LogP contribution in [0.3, 0.4) is 0 Å². The van der Waals surface area contributed by atoms with Crippen LogP contribution in [0.1, 0.15) is 30.7 Å². The number of amides is 1. The summed E-state index contributed by atoms with van der Waals surface area (Å²) in [4.78, 5) is 38.9. The van der Waals surface area contributed by atoms with E-state index in [0.29, 0.717) is 23.5 Å². The van der Waals surface area contributed by atoms with E-state index in [0.717, 1.165) is 30.7 Å². The van der Waals surface area contributed by atoms with Crippen molar-refractivity contribution in [3.63, 3.8) is 0 Å². The molecular formula is C21H21FN6O2. The van der Waals surface area contributed by atoms with Gasteiger partial charge in [0.15, 0.2) is 0 Å². The van der Waals surface area contributed by atoms with Crippen LogP contribution in [0.25, 0.3) is 11.3 Å². The fourth-order valence-electron chi connectivity index (χ4n) is 3.48. The molecule has 30 heavy (non-hydrogen) atoms. The first kappa shape index (κ1) is 19.8. The lowest BCUT2D eigenvalue weighted by atomic mass is 10.1. The maximum Gasteiger partial charge on any atom is 0.228 e. The molecule has 0 N–H and O–H groups in total. The number of anilines is 1. The number of aryl methyl sites for hydroxylation is 2. The smallest absolute Gasteiger partial charge is 0.228 e. The number of carbonyl (C=O) groups excluding carboxylic acids is 2. The molecule has 154 valence electrons. The van der Waals surface area contributed by atoms with Gasteiger partial charge in [-0.15, -0.1) is 0 Å². The summed E-state index contributed by atoms with van der Waals surface area (Å²) in [7, 11) is 0. The molecule has 3 aromatic rings. The van der Waals surface area contributed by atoms with Gasteiger partial charge in [0.25, 0.3) is 0 Å². The fraction of sp³-hybridized carbons (Fsp3) is 0.333. The van der Waals surface area contributed by atoms with Crippen LogP contribution in [-0.2, 0) is 22.6 Å². The number of rotatable bonds is 6. The van der Waals surface area contributed by atoms with Crippen LogP contribution >= 0.6 is 0 Å². The molecule has 9 heteroatoms. The van der Waals surface area contributed by atoms with Gasteiger partial charge < -0.3 is 0 Å². The number of fused-ring (bicyclic) bond motifs is 1. The Morgan fingerprint density at radius 1 is 1.07 bits per heavy atom. The van der Waals surface area contributed by atoms with Crippen molar-refractivity contribution in [3.05, 3.63) is 54.1 Å². The van der Waals surface area contributed by atoms with Gasteiger partial charge >= 0.3 is 0 Å². The van der Waals surface area contributed by atoms with Gasteiger partial charge in [-0.3, -0.25) is 29.4 Å². The van der Waals surface area contributed by atoms with Gasteiger partial charge in [-0.2, -0.15) is 5.10 Å². The maximum absolute atomic E-state index is 13.3. The van der Waals surface area contributed by atoms with Crippen LogP contribution in [0.15, 0.2) is 36.9 Å². The molecule has 4 rings (SSSR count). The van der Waals surface area contributed by atoms with Gasteiger partial charge in [0.1, 0.15) is 17.4 Å². The Morgan fingerprint density at radius 2 is 1.93 bits per heavy atom. The maximum atomic E-state index is 13.3. The number of hydrogen-bond donors (Lipinski definition) is 0. The van der Waals surface area contributed by atoms with Crippen molar-refractivity contribution in [1.29, 1.82) is 0 Å². The molecule has 0 saturated carbocycles. The standard InChI is InChI=1S/C21H21FN6O2/c1-14-7-20-27(5-2-6-28(20)26-14)21(30)4-3-18(29)9-17-12-25-19(13-24-17)15-8-16(22)11-23-10-15/h7-8,10-13H,2-6,9H2,1H3. The van der Waals surface area contributed by atoms with Gasteiger partial charge in [-0.05, 0) is 19.4 Å². The molecule has 3 aromatic heterocycles. The molecule has 4 heterocycles. The monoisotopic (exact) mass is 408 g/mol. The van der Waals surface area contributed by atoms with E-state index >= 15 is 0 Å². The van der Waals surface area contributed by atoms with Crippen molar-refractivity contribution in [3.8, 4) is 11.3 Å². The molecule has 0 aromatic carbocycles. The number of carbonyl (C=O) groups is 2. The van der Waals surface area contributed by atoms with Crippen LogP contribution in [0.5, 0.6) is 0 Å². The quantitative estimate of drug-likeness (QED) is 0.622. The minimum absolute atomic E-state index is 0.0794. The third-order valence-corrected chi connectivity index (χ3v) is 4.91. The number of Topliss-reactive ketones (excluding diaryl/α,β-unsaturated/α-hetero) is 1. The highest BCUT2D eigenvalue weighted by molar-refractivity contribution is 5.95. The fourth-order valence-corrected chi connectivity index (χ4v) is 3.48. The van der Waals surface area contributed by atoms with Gasteiger partial charge in [-0.25, -0.2) is 9.07 Å². The molecule has 0 spiro atoms. The van der Waals surface area contributed by atoms with E-state index in [2.05, 4.69) is 20.1 Å². The first-order chi connectivity index (χ1) is 14.5. The molecule has 1 amide bonds. The van der Waals surface area contributed by atoms with Crippen molar-refractivity contribution < 1.29 is 14.0 Å². The molecule has 0 radical (unpaired) electrons. The second-order valence-electron chi connectivity index (χ2n) is 7.27. The van der Waals surface area contributed by atoms with Crippen molar-refractivity contribution in [2.45, 2.75) is 39.2 Å². The Kier molecular flexibility index (Phi) is 5.60. The summed E-state index contributed by atoms with van der Waals surface area (Å²) in [5.41, 5.74) is 2.37. The highest BCUT2D eigenvalue weighted by Crippen LogP contribution is 2.22. The van der Waals surface area contributed by atoms with E-state index in [1.54, 1.807) is 4.90 Å². The molecule has 0 atom stereocenters. The van der Waals surface area contributed by atoms with Crippen LogP contribution in [0, 0.1) is 12.7 Å². The zero-order chi connectivity index (χ0) is 21.1. The molecule has 8 nitrogen and oxygen atoms in total. The summed E-state index contributed by atoms with van der Waals surface area (Å²) in [5.74, 6) is 0.179. The Hall–Kier alpha value is -3.49. The molecule has 0 aliphatic carbocycles. The lowest BCUT2D eigenvalue weighted by Gasteiger charge is -2.27. The number of nitrogens with zero attached hydrogens (tertiary/aromatic N) is 6. The second kappa shape index (κ2) is 8.48. The molecule has 0 unspecified atom stereocenters. The molecular weight excluding hydrogens is 387 g/mol. The Bertz CT molecular complexity index is 1080. The predicted molar refractivity (Wildman–Crippen MR) is 107 cm³/mol. The third-order valence-electron chi connectivity index (χ3n) is 4.91. The Labute approximate surface area is 172 Å². The molecule has 1 aliphatic heterocycles. The topological polar surface area (TPSA) is 93.9 Å². The normalized spacial score (nSPS) is 13.2. The second-order valence-corrected chi connectivity index (χ2v) is 7.27. The molecule has 0 saturated heterocycles. The van der Waals surface area contributed by atoms with Gasteiger partial charge in [0, 0.05) is 50.0 Å². The number of hydrogen-bond acceptors (Lipinski definition) is 6. The predicted octanol–water partition coefficient (Wildman–Crippen LogP) is 2.51. The van der Waals surface area contributed by atoms with E-state index in [1.165, 1.54) is 24.7 Å². The summed E-state index contributed by atoms with van der Waals surface area (Å²) >= 11 is 0. The first-order valence-electron chi connectivity index (χ1n) is 9.78. The van der Waals surface area contributed by atoms with Crippen LogP contribution in [0.2, 0.25) is 0 Å². The summed E-state index contributed by atoms with van der Waals surface area (Å²) in [6, 6.07) is 3.21. The minimum Gasteiger partial charge on any atom is -0.299 e. The van der Waals surface area contributed by atoms with E-state index < -0.39 is 5.82 Å². The third kappa shape index (κ3) is 4.40. The lowest BCUT2D eigenvalue weighted by Crippen LogP contribution is -2.37. The summed E-state index contributed by atoms with van der Waals surface area (Å²) in [6.45, 7) is 3.33. The van der Waals surface area contributed by atoms with Crippen molar-refractivity contribution in [1.82, 2.24) is 24.7 Å². The van der Waals surface area contributed by atoms with E-state index in [9.17, 15) is 14.0 Å². The number of aromatic nitrogens is 5. The zero-order valence-electron chi connectivity index (χ0n) is 16.6. The highest BCUT2D eigenvalue weighted by Gasteiger charge is 2.24. The Balaban J connectivity index is 1.32. The van der Waals surface area contributed by atoms with E-state index in [4.69, 9.17) is 0 Å². The van der Waals surface area contributed by atoms with Crippen LogP contribution < -0.4 is 4.90 Å². The molecule has 0 fully saturated rings. The average molecular weight is 408 g/mol. The zero-order valence-corrected chi connectivity index (χ0v) is 16.6. The summed E-state index contributed by atoms with van der Waals surface area (Å²) in [6.07, 6.45) is 6.81. The molecule has 1 aliphatic rings. The summed E-state index contributed by atoms with van der Waals surface area (Å²) < 4.78 is 15.1. The van der Waals surface area contributed by atoms with E-state index in [1.807, 2.05) is 17.7 Å². The average Bonchev–Trinajstić information content (AvgIpc) is 3.12. The lowest BCUT2D eigenvalue weighted by molar-refractivity contribution is -0.123. The number of halogens is 1. The van der Waals surface area contributed by atoms with Crippen molar-refractivity contribution in [2.75, 3.05) is 11.4 Å². The minimum atomic E-state index is -0.454. The van der Waals surface area contributed by atoms with Gasteiger partial charge in [0.05, 0.1) is 35.9 Å². The Morgan fingerprint density at radius 3 is 2.70 bits per heavy atom. The van der Waals surface area contributed by atoms with E-state index in [-0.39, 0.29) is 31.0 Å².